The molecule has 0 amide bonds. The summed E-state index contributed by atoms with van der Waals surface area (Å²) in [7, 11) is -9.90. The molecule has 0 aliphatic carbocycles. The summed E-state index contributed by atoms with van der Waals surface area (Å²) in [6, 6.07) is 0. The summed E-state index contributed by atoms with van der Waals surface area (Å²) < 4.78 is 68.4. The van der Waals surface area contributed by atoms with Gasteiger partial charge in [-0.15, -0.1) is 0 Å². The minimum absolute atomic E-state index is 0.104. The number of aliphatic hydroxyl groups excluding tert-OH is 1. The van der Waals surface area contributed by atoms with E-state index in [-0.39, 0.29) is 25.7 Å². The number of phosphoric ester groups is 2. The molecule has 0 radical (unpaired) electrons. The van der Waals surface area contributed by atoms with E-state index in [1.165, 1.54) is 212 Å². The fourth-order valence-corrected chi connectivity index (χ4v) is 12.9. The van der Waals surface area contributed by atoms with E-state index in [1.807, 2.05) is 0 Å². The molecule has 3 N–H and O–H groups in total. The van der Waals surface area contributed by atoms with Crippen molar-refractivity contribution < 1.29 is 80.2 Å². The van der Waals surface area contributed by atoms with E-state index in [2.05, 4.69) is 34.6 Å². The van der Waals surface area contributed by atoms with E-state index >= 15 is 0 Å². The van der Waals surface area contributed by atoms with Crippen molar-refractivity contribution >= 4 is 39.5 Å². The lowest BCUT2D eigenvalue weighted by atomic mass is 10.0. The van der Waals surface area contributed by atoms with Gasteiger partial charge < -0.3 is 33.8 Å². The highest BCUT2D eigenvalue weighted by Gasteiger charge is 2.30. The highest BCUT2D eigenvalue weighted by molar-refractivity contribution is 7.47. The molecule has 0 fully saturated rings. The topological polar surface area (TPSA) is 237 Å². The molecule has 0 aromatic heterocycles. The largest absolute Gasteiger partial charge is 0.472 e. The molecule has 0 aromatic rings. The third-order valence-electron chi connectivity index (χ3n) is 17.3. The molecule has 0 bridgehead atoms. The molecule has 0 saturated heterocycles. The zero-order valence-electron chi connectivity index (χ0n) is 60.4. The summed E-state index contributed by atoms with van der Waals surface area (Å²) in [5.74, 6) is -1.42. The molecule has 0 spiro atoms. The predicted molar refractivity (Wildman–Crippen MR) is 377 cm³/mol. The molecule has 0 rings (SSSR count). The maximum absolute atomic E-state index is 13.1. The lowest BCUT2D eigenvalue weighted by Gasteiger charge is -2.21. The number of phosphoric acid groups is 2. The Balaban J connectivity index is 5.19. The van der Waals surface area contributed by atoms with E-state index < -0.39 is 97.5 Å². The zero-order valence-corrected chi connectivity index (χ0v) is 62.2. The highest BCUT2D eigenvalue weighted by Crippen LogP contribution is 2.45. The summed E-state index contributed by atoms with van der Waals surface area (Å²) in [6.07, 6.45) is 55.7. The number of carbonyl (C=O) groups excluding carboxylic acids is 4. The van der Waals surface area contributed by atoms with Crippen LogP contribution in [0, 0.1) is 5.92 Å². The summed E-state index contributed by atoms with van der Waals surface area (Å²) in [6.45, 7) is 7.20. The SMILES string of the molecule is CCCCCCCCCCCCCCCCCCCCCCC(=O)O[C@H](COC(=O)CCCCCCCCCCCCCCCC)COP(=O)(O)OC[C@@H](O)COP(=O)(O)OC[C@@H](COC(=O)CCCCCCCCCCC)OC(=O)CCCCCCCCCC(C)C. The Morgan fingerprint density at radius 3 is 0.731 bits per heavy atom. The standard InChI is InChI=1S/C74H144O17P2/c1-6-9-12-15-18-21-23-25-27-28-29-30-31-32-34-36-39-44-49-54-59-73(78)90-69(63-85-72(77)58-53-48-43-38-35-33-26-24-22-19-16-13-10-7-2)65-88-92(80,81)86-61-68(75)62-87-93(82,83)89-66-70(64-84-71(76)57-52-47-42-37-20-17-14-11-8-3)91-74(79)60-55-50-45-40-41-46-51-56-67(4)5/h67-70,75H,6-66H2,1-5H3,(H,80,81)(H,82,83)/t68-,69-,70-/m1/s1. The van der Waals surface area contributed by atoms with Crippen LogP contribution >= 0.6 is 15.6 Å². The van der Waals surface area contributed by atoms with Crippen LogP contribution in [0.2, 0.25) is 0 Å². The average Bonchev–Trinajstić information content (AvgIpc) is 2.80. The van der Waals surface area contributed by atoms with E-state index in [9.17, 15) is 43.2 Å². The van der Waals surface area contributed by atoms with Gasteiger partial charge in [-0.1, -0.05) is 336 Å². The summed E-state index contributed by atoms with van der Waals surface area (Å²) in [5.41, 5.74) is 0. The first-order valence-electron chi connectivity index (χ1n) is 38.6. The molecule has 5 atom stereocenters. The van der Waals surface area contributed by atoms with E-state index in [1.54, 1.807) is 0 Å². The van der Waals surface area contributed by atoms with Gasteiger partial charge in [-0.05, 0) is 31.6 Å². The second-order valence-electron chi connectivity index (χ2n) is 27.2. The van der Waals surface area contributed by atoms with E-state index in [4.69, 9.17) is 37.0 Å². The normalized spacial score (nSPS) is 14.0. The average molecular weight is 1370 g/mol. The number of hydrogen-bond acceptors (Lipinski definition) is 15. The van der Waals surface area contributed by atoms with Crippen LogP contribution in [0.1, 0.15) is 388 Å². The minimum Gasteiger partial charge on any atom is -0.462 e. The van der Waals surface area contributed by atoms with Gasteiger partial charge in [0, 0.05) is 25.7 Å². The fraction of sp³-hybridized carbons (Fsp3) is 0.946. The van der Waals surface area contributed by atoms with Gasteiger partial charge >= 0.3 is 39.5 Å². The minimum atomic E-state index is -4.95. The van der Waals surface area contributed by atoms with Gasteiger partial charge in [0.1, 0.15) is 19.3 Å². The number of unbranched alkanes of at least 4 members (excludes halogenated alkanes) is 46. The molecule has 552 valence electrons. The van der Waals surface area contributed by atoms with Crippen LogP contribution in [-0.2, 0) is 65.4 Å². The maximum Gasteiger partial charge on any atom is 0.472 e. The lowest BCUT2D eigenvalue weighted by molar-refractivity contribution is -0.161. The van der Waals surface area contributed by atoms with Crippen molar-refractivity contribution in [1.82, 2.24) is 0 Å². The van der Waals surface area contributed by atoms with Crippen molar-refractivity contribution in [2.24, 2.45) is 5.92 Å². The van der Waals surface area contributed by atoms with Gasteiger partial charge in [0.2, 0.25) is 0 Å². The Kier molecular flexibility index (Phi) is 65.9. The zero-order chi connectivity index (χ0) is 68.4. The molecule has 0 aliphatic rings. The van der Waals surface area contributed by atoms with Crippen molar-refractivity contribution in [3.05, 3.63) is 0 Å². The number of hydrogen-bond donors (Lipinski definition) is 3. The van der Waals surface area contributed by atoms with Gasteiger partial charge in [-0.2, -0.15) is 0 Å². The highest BCUT2D eigenvalue weighted by atomic mass is 31.2. The monoisotopic (exact) mass is 1370 g/mol. The van der Waals surface area contributed by atoms with Gasteiger partial charge in [0.15, 0.2) is 12.2 Å². The van der Waals surface area contributed by atoms with Gasteiger partial charge in [0.25, 0.3) is 0 Å². The van der Waals surface area contributed by atoms with Gasteiger partial charge in [-0.25, -0.2) is 9.13 Å². The van der Waals surface area contributed by atoms with Crippen molar-refractivity contribution in [2.75, 3.05) is 39.6 Å². The molecule has 17 nitrogen and oxygen atoms in total. The van der Waals surface area contributed by atoms with Crippen molar-refractivity contribution in [3.8, 4) is 0 Å². The molecule has 0 saturated carbocycles. The van der Waals surface area contributed by atoms with Crippen LogP contribution in [-0.4, -0.2) is 96.7 Å². The molecular weight excluding hydrogens is 1220 g/mol. The molecule has 93 heavy (non-hydrogen) atoms. The number of aliphatic hydroxyl groups is 1. The van der Waals surface area contributed by atoms with Crippen molar-refractivity contribution in [2.45, 2.75) is 406 Å². The quantitative estimate of drug-likeness (QED) is 0.0222. The summed E-state index contributed by atoms with van der Waals surface area (Å²) in [4.78, 5) is 72.6. The Morgan fingerprint density at radius 2 is 0.495 bits per heavy atom. The van der Waals surface area contributed by atoms with Crippen LogP contribution in [0.5, 0.6) is 0 Å². The van der Waals surface area contributed by atoms with Crippen molar-refractivity contribution in [1.29, 1.82) is 0 Å². The Hall–Kier alpha value is -1.94. The molecular formula is C74H144O17P2. The Bertz CT molecular complexity index is 1790. The summed E-state index contributed by atoms with van der Waals surface area (Å²) in [5, 5.41) is 10.6. The van der Waals surface area contributed by atoms with Gasteiger partial charge in [0.05, 0.1) is 26.4 Å². The fourth-order valence-electron chi connectivity index (χ4n) is 11.4. The second-order valence-corrected chi connectivity index (χ2v) is 30.1. The summed E-state index contributed by atoms with van der Waals surface area (Å²) >= 11 is 0. The predicted octanol–water partition coefficient (Wildman–Crippen LogP) is 21.7. The van der Waals surface area contributed by atoms with E-state index in [0.717, 1.165) is 89.9 Å². The first kappa shape index (κ1) is 91.1. The van der Waals surface area contributed by atoms with Crippen LogP contribution in [0.25, 0.3) is 0 Å². The van der Waals surface area contributed by atoms with E-state index in [0.29, 0.717) is 31.6 Å². The van der Waals surface area contributed by atoms with Crippen LogP contribution in [0.3, 0.4) is 0 Å². The number of rotatable bonds is 74. The van der Waals surface area contributed by atoms with Crippen LogP contribution in [0.15, 0.2) is 0 Å². The molecule has 0 aliphatic heterocycles. The molecule has 0 aromatic carbocycles. The molecule has 0 heterocycles. The third kappa shape index (κ3) is 68.4. The Labute approximate surface area is 568 Å². The number of carbonyl (C=O) groups is 4. The van der Waals surface area contributed by atoms with Crippen molar-refractivity contribution in [3.63, 3.8) is 0 Å². The molecule has 19 heteroatoms. The second kappa shape index (κ2) is 67.3. The van der Waals surface area contributed by atoms with Gasteiger partial charge in [-0.3, -0.25) is 37.3 Å². The van der Waals surface area contributed by atoms with Crippen LogP contribution < -0.4 is 0 Å². The first-order valence-corrected chi connectivity index (χ1v) is 41.6. The molecule has 2 unspecified atom stereocenters. The first-order chi connectivity index (χ1) is 45.0. The third-order valence-corrected chi connectivity index (χ3v) is 19.2. The smallest absolute Gasteiger partial charge is 0.462 e. The number of esters is 4. The maximum atomic E-state index is 13.1. The Morgan fingerprint density at radius 1 is 0.290 bits per heavy atom. The number of ether oxygens (including phenoxy) is 4. The lowest BCUT2D eigenvalue weighted by Crippen LogP contribution is -2.30. The van der Waals surface area contributed by atoms with Crippen LogP contribution in [0.4, 0.5) is 0 Å².